The van der Waals surface area contributed by atoms with Crippen LogP contribution in [0.15, 0.2) is 23.6 Å². The SMILES string of the molecule is CN=C(NCCNC(=O)c1cnccn1)N1CC(=O)N(C(C)C)C(C)(C)C1.I. The first-order valence-electron chi connectivity index (χ1n) is 9.08. The Morgan fingerprint density at radius 1 is 1.29 bits per heavy atom. The number of aromatic nitrogens is 2. The first-order chi connectivity index (χ1) is 12.8. The molecule has 28 heavy (non-hydrogen) atoms. The number of hydrogen-bond donors (Lipinski definition) is 2. The number of hydrogen-bond acceptors (Lipinski definition) is 5. The topological polar surface area (TPSA) is 103 Å². The zero-order valence-electron chi connectivity index (χ0n) is 17.1. The molecule has 2 N–H and O–H groups in total. The molecule has 2 rings (SSSR count). The number of aliphatic imine (C=N–C) groups is 1. The molecule has 0 saturated carbocycles. The second kappa shape index (κ2) is 10.5. The van der Waals surface area contributed by atoms with Crippen molar-refractivity contribution in [3.05, 3.63) is 24.3 Å². The van der Waals surface area contributed by atoms with Crippen molar-refractivity contribution in [1.29, 1.82) is 0 Å². The highest BCUT2D eigenvalue weighted by molar-refractivity contribution is 14.0. The highest BCUT2D eigenvalue weighted by atomic mass is 127. The lowest BCUT2D eigenvalue weighted by molar-refractivity contribution is -0.145. The molecule has 0 unspecified atom stereocenters. The van der Waals surface area contributed by atoms with Crippen molar-refractivity contribution in [2.75, 3.05) is 33.2 Å². The number of piperazine rings is 1. The molecule has 1 aromatic heterocycles. The lowest BCUT2D eigenvalue weighted by Crippen LogP contribution is -2.66. The summed E-state index contributed by atoms with van der Waals surface area (Å²) >= 11 is 0. The lowest BCUT2D eigenvalue weighted by Gasteiger charge is -2.49. The molecule has 0 radical (unpaired) electrons. The Morgan fingerprint density at radius 3 is 2.50 bits per heavy atom. The summed E-state index contributed by atoms with van der Waals surface area (Å²) in [4.78, 5) is 40.5. The zero-order valence-corrected chi connectivity index (χ0v) is 19.4. The van der Waals surface area contributed by atoms with Crippen LogP contribution in [-0.2, 0) is 4.79 Å². The van der Waals surface area contributed by atoms with E-state index in [-0.39, 0.29) is 59.6 Å². The second-order valence-corrected chi connectivity index (χ2v) is 7.35. The third kappa shape index (κ3) is 6.01. The summed E-state index contributed by atoms with van der Waals surface area (Å²) in [6, 6.07) is 0.154. The Hall–Kier alpha value is -1.98. The summed E-state index contributed by atoms with van der Waals surface area (Å²) in [7, 11) is 1.69. The normalized spacial score (nSPS) is 16.6. The van der Waals surface area contributed by atoms with Gasteiger partial charge in [0.05, 0.1) is 18.3 Å². The number of nitrogens with one attached hydrogen (secondary N) is 2. The van der Waals surface area contributed by atoms with E-state index in [1.165, 1.54) is 18.6 Å². The van der Waals surface area contributed by atoms with E-state index >= 15 is 0 Å². The summed E-state index contributed by atoms with van der Waals surface area (Å²) in [6.45, 7) is 10.0. The number of amides is 2. The molecule has 2 heterocycles. The summed E-state index contributed by atoms with van der Waals surface area (Å²) in [6.07, 6.45) is 4.41. The van der Waals surface area contributed by atoms with Crippen LogP contribution in [0.4, 0.5) is 0 Å². The molecule has 0 atom stereocenters. The molecule has 10 heteroatoms. The monoisotopic (exact) mass is 503 g/mol. The fourth-order valence-corrected chi connectivity index (χ4v) is 3.50. The van der Waals surface area contributed by atoms with Gasteiger partial charge in [-0.05, 0) is 27.7 Å². The maximum atomic E-state index is 12.6. The summed E-state index contributed by atoms with van der Waals surface area (Å²) in [5, 5.41) is 5.98. The van der Waals surface area contributed by atoms with Crippen LogP contribution in [0.25, 0.3) is 0 Å². The van der Waals surface area contributed by atoms with Crippen LogP contribution in [-0.4, -0.2) is 82.3 Å². The van der Waals surface area contributed by atoms with E-state index < -0.39 is 0 Å². The van der Waals surface area contributed by atoms with Crippen LogP contribution in [0.5, 0.6) is 0 Å². The molecule has 0 aromatic carbocycles. The molecular formula is C18H30IN7O2. The number of carbonyl (C=O) groups is 2. The number of halogens is 1. The van der Waals surface area contributed by atoms with Gasteiger partial charge >= 0.3 is 0 Å². The molecular weight excluding hydrogens is 473 g/mol. The minimum atomic E-state index is -0.290. The molecule has 1 fully saturated rings. The highest BCUT2D eigenvalue weighted by Gasteiger charge is 2.40. The van der Waals surface area contributed by atoms with Gasteiger partial charge in [0, 0.05) is 45.1 Å². The Balaban J connectivity index is 0.00000392. The van der Waals surface area contributed by atoms with Gasteiger partial charge in [-0.25, -0.2) is 4.98 Å². The number of carbonyl (C=O) groups excluding carboxylic acids is 2. The Morgan fingerprint density at radius 2 is 1.96 bits per heavy atom. The van der Waals surface area contributed by atoms with E-state index in [4.69, 9.17) is 0 Å². The van der Waals surface area contributed by atoms with E-state index in [1.54, 1.807) is 7.05 Å². The predicted octanol–water partition coefficient (Wildman–Crippen LogP) is 0.731. The van der Waals surface area contributed by atoms with Crippen molar-refractivity contribution in [2.24, 2.45) is 4.99 Å². The first-order valence-corrected chi connectivity index (χ1v) is 9.08. The van der Waals surface area contributed by atoms with Gasteiger partial charge in [-0.15, -0.1) is 24.0 Å². The highest BCUT2D eigenvalue weighted by Crippen LogP contribution is 2.24. The van der Waals surface area contributed by atoms with E-state index in [0.717, 1.165) is 0 Å². The zero-order chi connectivity index (χ0) is 20.0. The van der Waals surface area contributed by atoms with Crippen LogP contribution < -0.4 is 10.6 Å². The fourth-order valence-electron chi connectivity index (χ4n) is 3.50. The molecule has 1 aromatic rings. The first kappa shape index (κ1) is 24.1. The molecule has 0 spiro atoms. The third-order valence-electron chi connectivity index (χ3n) is 4.34. The van der Waals surface area contributed by atoms with Gasteiger partial charge in [0.2, 0.25) is 5.91 Å². The number of guanidine groups is 1. The standard InChI is InChI=1S/C18H29N7O2.HI/c1-13(2)25-15(26)11-24(12-18(25,3)4)17(19-5)23-9-8-22-16(27)14-10-20-6-7-21-14;/h6-7,10,13H,8-9,11-12H2,1-5H3,(H,19,23)(H,22,27);1H. The average Bonchev–Trinajstić information content (AvgIpc) is 2.60. The summed E-state index contributed by atoms with van der Waals surface area (Å²) < 4.78 is 0. The van der Waals surface area contributed by atoms with Gasteiger partial charge in [0.25, 0.3) is 5.91 Å². The third-order valence-corrected chi connectivity index (χ3v) is 4.34. The fraction of sp³-hybridized carbons (Fsp3) is 0.611. The minimum absolute atomic E-state index is 0. The smallest absolute Gasteiger partial charge is 0.271 e. The van der Waals surface area contributed by atoms with Crippen LogP contribution in [0.2, 0.25) is 0 Å². The van der Waals surface area contributed by atoms with Crippen LogP contribution in [0, 0.1) is 0 Å². The molecule has 0 bridgehead atoms. The second-order valence-electron chi connectivity index (χ2n) is 7.35. The van der Waals surface area contributed by atoms with E-state index in [2.05, 4.69) is 39.4 Å². The van der Waals surface area contributed by atoms with Crippen molar-refractivity contribution < 1.29 is 9.59 Å². The molecule has 1 saturated heterocycles. The summed E-state index contributed by atoms with van der Waals surface area (Å²) in [5.74, 6) is 0.454. The summed E-state index contributed by atoms with van der Waals surface area (Å²) in [5.41, 5.74) is -0.0135. The largest absolute Gasteiger partial charge is 0.354 e. The van der Waals surface area contributed by atoms with E-state index in [1.807, 2.05) is 23.6 Å². The van der Waals surface area contributed by atoms with E-state index in [9.17, 15) is 9.59 Å². The maximum absolute atomic E-state index is 12.6. The molecule has 0 aliphatic carbocycles. The predicted molar refractivity (Wildman–Crippen MR) is 119 cm³/mol. The molecule has 156 valence electrons. The van der Waals surface area contributed by atoms with Crippen molar-refractivity contribution in [3.63, 3.8) is 0 Å². The van der Waals surface area contributed by atoms with E-state index in [0.29, 0.717) is 25.6 Å². The lowest BCUT2D eigenvalue weighted by atomic mass is 9.96. The van der Waals surface area contributed by atoms with Crippen LogP contribution in [0.3, 0.4) is 0 Å². The van der Waals surface area contributed by atoms with Crippen LogP contribution in [0.1, 0.15) is 38.2 Å². The molecule has 9 nitrogen and oxygen atoms in total. The molecule has 1 aliphatic rings. The molecule has 1 aliphatic heterocycles. The Labute approximate surface area is 183 Å². The molecule has 2 amide bonds. The van der Waals surface area contributed by atoms with Crippen LogP contribution >= 0.6 is 24.0 Å². The van der Waals surface area contributed by atoms with Crippen molar-refractivity contribution in [3.8, 4) is 0 Å². The van der Waals surface area contributed by atoms with Crippen molar-refractivity contribution >= 4 is 41.8 Å². The maximum Gasteiger partial charge on any atom is 0.271 e. The van der Waals surface area contributed by atoms with Gasteiger partial charge in [0.15, 0.2) is 5.96 Å². The van der Waals surface area contributed by atoms with Crippen molar-refractivity contribution in [1.82, 2.24) is 30.4 Å². The number of nitrogens with zero attached hydrogens (tertiary/aromatic N) is 5. The van der Waals surface area contributed by atoms with Crippen molar-refractivity contribution in [2.45, 2.75) is 39.3 Å². The minimum Gasteiger partial charge on any atom is -0.354 e. The van der Waals surface area contributed by atoms with Gasteiger partial charge < -0.3 is 20.4 Å². The number of rotatable bonds is 5. The van der Waals surface area contributed by atoms with Gasteiger partial charge in [-0.2, -0.15) is 0 Å². The van der Waals surface area contributed by atoms with Gasteiger partial charge in [-0.1, -0.05) is 0 Å². The quantitative estimate of drug-likeness (QED) is 0.266. The Kier molecular flexibility index (Phi) is 9.05. The Bertz CT molecular complexity index is 694. The van der Waals surface area contributed by atoms with Gasteiger partial charge in [-0.3, -0.25) is 19.6 Å². The average molecular weight is 503 g/mol. The van der Waals surface area contributed by atoms with Gasteiger partial charge in [0.1, 0.15) is 5.69 Å².